The van der Waals surface area contributed by atoms with Crippen LogP contribution in [0.5, 0.6) is 5.75 Å². The van der Waals surface area contributed by atoms with Crippen LogP contribution in [0, 0.1) is 0 Å². The van der Waals surface area contributed by atoms with Crippen molar-refractivity contribution in [3.05, 3.63) is 53.2 Å². The van der Waals surface area contributed by atoms with E-state index in [9.17, 15) is 18.3 Å². The molecule has 0 radical (unpaired) electrons. The van der Waals surface area contributed by atoms with Gasteiger partial charge in [-0.2, -0.15) is 8.42 Å². The molecule has 0 bridgehead atoms. The second-order valence-electron chi connectivity index (χ2n) is 6.02. The van der Waals surface area contributed by atoms with Crippen LogP contribution < -0.4 is 30.6 Å². The minimum Gasteiger partial charge on any atom is -0.530 e. The highest BCUT2D eigenvalue weighted by molar-refractivity contribution is 7.87. The van der Waals surface area contributed by atoms with Crippen molar-refractivity contribution in [2.75, 3.05) is 18.5 Å². The number of nitrogens with one attached hydrogen (secondary N) is 2. The molecule has 11 heteroatoms. The molecule has 0 fully saturated rings. The van der Waals surface area contributed by atoms with Crippen LogP contribution in [0.2, 0.25) is 0 Å². The van der Waals surface area contributed by atoms with Gasteiger partial charge in [0.1, 0.15) is 16.7 Å². The molecule has 1 aliphatic heterocycles. The topological polar surface area (TPSA) is 153 Å². The number of carbonyl (C=O) groups is 1. The third-order valence-electron chi connectivity index (χ3n) is 3.75. The number of anilines is 1. The fraction of sp³-hybridized carbons (Fsp3) is 0.235. The molecule has 2 aromatic rings. The van der Waals surface area contributed by atoms with Crippen LogP contribution in [0.3, 0.4) is 0 Å². The summed E-state index contributed by atoms with van der Waals surface area (Å²) in [4.78, 5) is 18.9. The second kappa shape index (κ2) is 7.44. The maximum Gasteiger partial charge on any atom is 0.339 e. The van der Waals surface area contributed by atoms with Crippen molar-refractivity contribution in [3.63, 3.8) is 0 Å². The zero-order valence-electron chi connectivity index (χ0n) is 14.7. The van der Waals surface area contributed by atoms with Gasteiger partial charge in [0.25, 0.3) is 0 Å². The van der Waals surface area contributed by atoms with Crippen molar-refractivity contribution in [1.29, 1.82) is 0 Å². The number of nitrogens with zero attached hydrogens (tertiary/aromatic N) is 2. The Morgan fingerprint density at radius 2 is 1.86 bits per heavy atom. The molecule has 10 nitrogen and oxygen atoms in total. The summed E-state index contributed by atoms with van der Waals surface area (Å²) in [7, 11) is -4.08. The summed E-state index contributed by atoms with van der Waals surface area (Å²) in [5.74, 6) is -1.42. The fourth-order valence-electron chi connectivity index (χ4n) is 2.60. The Hall–Kier alpha value is -3.18. The molecule has 0 saturated carbocycles. The summed E-state index contributed by atoms with van der Waals surface area (Å²) in [6, 6.07) is 10.1. The molecular formula is C17H17N4O6S-. The largest absolute Gasteiger partial charge is 0.530 e. The summed E-state index contributed by atoms with van der Waals surface area (Å²) in [5, 5.41) is 25.2. The molecule has 1 amide bonds. The lowest BCUT2D eigenvalue weighted by Crippen LogP contribution is -2.48. The van der Waals surface area contributed by atoms with Crippen molar-refractivity contribution in [3.8, 4) is 5.75 Å². The Balaban J connectivity index is 1.82. The van der Waals surface area contributed by atoms with E-state index in [4.69, 9.17) is 9.29 Å². The van der Waals surface area contributed by atoms with E-state index >= 15 is 0 Å². The van der Waals surface area contributed by atoms with Gasteiger partial charge in [-0.1, -0.05) is 0 Å². The van der Waals surface area contributed by atoms with E-state index < -0.39 is 22.0 Å². The van der Waals surface area contributed by atoms with Crippen molar-refractivity contribution >= 4 is 21.9 Å². The molecule has 1 atom stereocenters. The maximum absolute atomic E-state index is 12.5. The highest BCUT2D eigenvalue weighted by Crippen LogP contribution is 2.19. The number of rotatable bonds is 7. The van der Waals surface area contributed by atoms with E-state index in [0.717, 1.165) is 0 Å². The molecular weight excluding hydrogens is 388 g/mol. The second-order valence-corrected chi connectivity index (χ2v) is 7.57. The van der Waals surface area contributed by atoms with Gasteiger partial charge < -0.3 is 29.8 Å². The van der Waals surface area contributed by atoms with E-state index in [1.807, 2.05) is 0 Å². The van der Waals surface area contributed by atoms with Crippen molar-refractivity contribution in [2.45, 2.75) is 17.6 Å². The highest BCUT2D eigenvalue weighted by atomic mass is 32.2. The molecule has 2 aromatic carbocycles. The molecule has 148 valence electrons. The van der Waals surface area contributed by atoms with Gasteiger partial charge >= 0.3 is 10.1 Å². The van der Waals surface area contributed by atoms with E-state index in [2.05, 4.69) is 20.6 Å². The van der Waals surface area contributed by atoms with Gasteiger partial charge in [0.05, 0.1) is 17.3 Å². The Bertz CT molecular complexity index is 1120. The first kappa shape index (κ1) is 19.6. The molecule has 0 aromatic heterocycles. The average Bonchev–Trinajstić information content (AvgIpc) is 2.94. The summed E-state index contributed by atoms with van der Waals surface area (Å²) in [6.45, 7) is 1.74. The number of hydrogen-bond acceptors (Lipinski definition) is 9. The molecule has 0 saturated heterocycles. The van der Waals surface area contributed by atoms with Crippen LogP contribution in [0.1, 0.15) is 6.92 Å². The molecule has 0 spiro atoms. The normalized spacial score (nSPS) is 17.8. The number of fused-ring (bicyclic) bond motifs is 1. The lowest BCUT2D eigenvalue weighted by molar-refractivity contribution is -0.252. The quantitative estimate of drug-likeness (QED) is 0.485. The van der Waals surface area contributed by atoms with Crippen molar-refractivity contribution in [1.82, 2.24) is 5.32 Å². The van der Waals surface area contributed by atoms with E-state index in [1.54, 1.807) is 12.1 Å². The minimum absolute atomic E-state index is 0.0119. The summed E-state index contributed by atoms with van der Waals surface area (Å²) < 4.78 is 30.1. The lowest BCUT2D eigenvalue weighted by atomic mass is 10.3. The van der Waals surface area contributed by atoms with E-state index in [1.165, 1.54) is 37.3 Å². The predicted octanol–water partition coefficient (Wildman–Crippen LogP) is -1.28. The third kappa shape index (κ3) is 4.38. The Morgan fingerprint density at radius 3 is 2.50 bits per heavy atom. The van der Waals surface area contributed by atoms with Gasteiger partial charge in [0, 0.05) is 25.2 Å². The molecule has 1 aliphatic rings. The maximum atomic E-state index is 12.5. The van der Waals surface area contributed by atoms with Gasteiger partial charge in [0.15, 0.2) is 0 Å². The van der Waals surface area contributed by atoms with Gasteiger partial charge in [-0.05, 0) is 36.4 Å². The molecule has 3 N–H and O–H groups in total. The highest BCUT2D eigenvalue weighted by Gasteiger charge is 2.25. The number of hydrogen-bond donors (Lipinski definition) is 3. The summed E-state index contributed by atoms with van der Waals surface area (Å²) in [5.41, 5.74) is 0.658. The zero-order valence-corrected chi connectivity index (χ0v) is 15.6. The Labute approximate surface area is 160 Å². The van der Waals surface area contributed by atoms with Gasteiger partial charge in [-0.15, -0.1) is 0 Å². The molecule has 3 rings (SSSR count). The van der Waals surface area contributed by atoms with Crippen LogP contribution in [0.25, 0.3) is 0 Å². The fourth-order valence-corrected chi connectivity index (χ4v) is 3.52. The Morgan fingerprint density at radius 1 is 1.18 bits per heavy atom. The predicted molar refractivity (Wildman–Crippen MR) is 95.5 cm³/mol. The van der Waals surface area contributed by atoms with E-state index in [-0.39, 0.29) is 22.6 Å². The number of carboxylic acid groups (broad SMARTS) is 1. The van der Waals surface area contributed by atoms with E-state index in [0.29, 0.717) is 17.6 Å². The lowest BCUT2D eigenvalue weighted by Gasteiger charge is -2.20. The number of carbonyl (C=O) groups excluding carboxylic acids is 1. The number of aliphatic hydroxyl groups excluding tert-OH is 1. The van der Waals surface area contributed by atoms with Crippen LogP contribution in [-0.2, 0) is 10.1 Å². The molecule has 28 heavy (non-hydrogen) atoms. The smallest absolute Gasteiger partial charge is 0.339 e. The molecule has 1 unspecified atom stereocenters. The first-order valence-electron chi connectivity index (χ1n) is 8.19. The van der Waals surface area contributed by atoms with Crippen LogP contribution >= 0.6 is 0 Å². The van der Waals surface area contributed by atoms with Crippen molar-refractivity contribution in [2.24, 2.45) is 9.98 Å². The number of benzene rings is 2. The number of amides is 1. The SMILES string of the molecule is CC1(NC(=O)[O-])N=c2ccc(OS(=O)(=O)c3ccc(NCCO)cc3)cc2=N1. The first-order valence-corrected chi connectivity index (χ1v) is 9.60. The average molecular weight is 405 g/mol. The summed E-state index contributed by atoms with van der Waals surface area (Å²) in [6.07, 6.45) is -1.53. The minimum atomic E-state index is -4.08. The molecule has 1 heterocycles. The Kier molecular flexibility index (Phi) is 5.21. The van der Waals surface area contributed by atoms with Gasteiger partial charge in [-0.3, -0.25) is 0 Å². The number of aliphatic hydroxyl groups is 1. The van der Waals surface area contributed by atoms with Crippen LogP contribution in [0.15, 0.2) is 57.3 Å². The van der Waals surface area contributed by atoms with Crippen molar-refractivity contribution < 1.29 is 27.6 Å². The van der Waals surface area contributed by atoms with Crippen LogP contribution in [0.4, 0.5) is 10.5 Å². The van der Waals surface area contributed by atoms with Gasteiger partial charge in [0.2, 0.25) is 5.79 Å². The summed E-state index contributed by atoms with van der Waals surface area (Å²) >= 11 is 0. The standard InChI is InChI=1S/C17H18N4O6S/c1-17(21-16(23)24)19-14-7-4-12(10-15(14)20-17)27-28(25,26)13-5-2-11(3-6-13)18-8-9-22/h2-7,10,18,21-22H,8-9H2,1H3,(H,23,24)/p-1. The molecule has 0 aliphatic carbocycles. The van der Waals surface area contributed by atoms with Crippen LogP contribution in [-0.4, -0.2) is 38.6 Å². The zero-order chi connectivity index (χ0) is 20.4. The third-order valence-corrected chi connectivity index (χ3v) is 5.01. The first-order chi connectivity index (χ1) is 13.2. The monoisotopic (exact) mass is 405 g/mol. The van der Waals surface area contributed by atoms with Gasteiger partial charge in [-0.25, -0.2) is 9.98 Å².